The van der Waals surface area contributed by atoms with Gasteiger partial charge in [-0.2, -0.15) is 0 Å². The minimum atomic E-state index is -0.393. The van der Waals surface area contributed by atoms with Gasteiger partial charge in [0.2, 0.25) is 0 Å². The van der Waals surface area contributed by atoms with Crippen molar-refractivity contribution in [3.8, 4) is 0 Å². The highest BCUT2D eigenvalue weighted by atomic mass is 33.1. The normalized spacial score (nSPS) is 15.1. The second kappa shape index (κ2) is 36.2. The van der Waals surface area contributed by atoms with Crippen molar-refractivity contribution in [1.29, 1.82) is 0 Å². The molecule has 320 valence electrons. The molecule has 2 unspecified atom stereocenters. The van der Waals surface area contributed by atoms with Crippen molar-refractivity contribution in [3.63, 3.8) is 0 Å². The summed E-state index contributed by atoms with van der Waals surface area (Å²) in [5, 5.41) is 23.0. The van der Waals surface area contributed by atoms with E-state index in [2.05, 4.69) is 39.6 Å². The zero-order chi connectivity index (χ0) is 39.4. The van der Waals surface area contributed by atoms with Crippen LogP contribution in [0.3, 0.4) is 0 Å². The number of aliphatic hydroxyl groups is 2. The van der Waals surface area contributed by atoms with Crippen LogP contribution in [0.1, 0.15) is 168 Å². The lowest BCUT2D eigenvalue weighted by molar-refractivity contribution is -0.144. The fourth-order valence-electron chi connectivity index (χ4n) is 7.48. The summed E-state index contributed by atoms with van der Waals surface area (Å²) in [5.41, 5.74) is 0. The number of esters is 1. The van der Waals surface area contributed by atoms with Gasteiger partial charge in [-0.05, 0) is 48.7 Å². The predicted molar refractivity (Wildman–Crippen MR) is 237 cm³/mol. The molecule has 1 saturated heterocycles. The van der Waals surface area contributed by atoms with E-state index in [1.54, 1.807) is 10.8 Å². The molecule has 0 radical (unpaired) electrons. The van der Waals surface area contributed by atoms with E-state index in [4.69, 9.17) is 4.74 Å². The molecule has 1 aromatic heterocycles. The molecule has 0 bridgehead atoms. The van der Waals surface area contributed by atoms with E-state index in [0.717, 1.165) is 75.7 Å². The van der Waals surface area contributed by atoms with E-state index >= 15 is 0 Å². The largest absolute Gasteiger partial charge is 0.464 e. The lowest BCUT2D eigenvalue weighted by atomic mass is 10.0. The first kappa shape index (κ1) is 50.3. The van der Waals surface area contributed by atoms with Crippen molar-refractivity contribution in [1.82, 2.24) is 19.7 Å². The first-order chi connectivity index (χ1) is 27.0. The van der Waals surface area contributed by atoms with Gasteiger partial charge in [-0.3, -0.25) is 19.5 Å². The Labute approximate surface area is 346 Å². The molecular formula is C45H84N4O4S2. The van der Waals surface area contributed by atoms with Crippen LogP contribution in [0.4, 0.5) is 0 Å². The number of pyridine rings is 1. The number of carbonyl (C=O) groups excluding carboxylic acids is 1. The van der Waals surface area contributed by atoms with Gasteiger partial charge in [0, 0.05) is 70.7 Å². The van der Waals surface area contributed by atoms with Crippen molar-refractivity contribution < 1.29 is 19.7 Å². The number of aliphatic hydroxyl groups excluding tert-OH is 2. The Hall–Kier alpha value is -0.880. The molecule has 1 aliphatic rings. The maximum absolute atomic E-state index is 12.7. The van der Waals surface area contributed by atoms with Gasteiger partial charge in [-0.25, -0.2) is 4.98 Å². The van der Waals surface area contributed by atoms with Gasteiger partial charge < -0.3 is 14.9 Å². The third-order valence-electron chi connectivity index (χ3n) is 11.0. The molecule has 0 spiro atoms. The standard InChI is InChI=1S/C45H84N4O4S2/c1-3-5-7-9-11-13-15-17-19-21-26-42(50)40-49(41-43(51)27-22-20-18-16-14-12-10-8-6-4-2)31-25-29-45(52)53-38-36-47-32-34-48(35-33-47)37-39-54-55-44-28-23-24-30-46-44/h23-24,28,30,42-43,50-51H,3-22,25-27,29,31-41H2,1-2H3. The van der Waals surface area contributed by atoms with Crippen LogP contribution < -0.4 is 0 Å². The molecule has 8 nitrogen and oxygen atoms in total. The quantitative estimate of drug-likeness (QED) is 0.0382. The van der Waals surface area contributed by atoms with Crippen LogP contribution in [0.5, 0.6) is 0 Å². The van der Waals surface area contributed by atoms with Gasteiger partial charge in [0.1, 0.15) is 11.6 Å². The molecule has 0 amide bonds. The smallest absolute Gasteiger partial charge is 0.305 e. The average molecular weight is 809 g/mol. The molecule has 2 atom stereocenters. The SMILES string of the molecule is CCCCCCCCCCCCC(O)CN(CCCC(=O)OCCN1CCN(CCSSc2ccccn2)CC1)CC(O)CCCCCCCCCCCC. The van der Waals surface area contributed by atoms with Crippen molar-refractivity contribution >= 4 is 27.6 Å². The molecule has 2 rings (SSSR count). The van der Waals surface area contributed by atoms with E-state index in [-0.39, 0.29) is 5.97 Å². The number of aromatic nitrogens is 1. The van der Waals surface area contributed by atoms with Crippen LogP contribution in [0.15, 0.2) is 29.4 Å². The van der Waals surface area contributed by atoms with Crippen molar-refractivity contribution in [2.45, 2.75) is 185 Å². The summed E-state index contributed by atoms with van der Waals surface area (Å²) < 4.78 is 5.65. The molecular weight excluding hydrogens is 725 g/mol. The van der Waals surface area contributed by atoms with Crippen molar-refractivity contribution in [2.75, 3.05) is 71.3 Å². The number of nitrogens with zero attached hydrogens (tertiary/aromatic N) is 4. The maximum Gasteiger partial charge on any atom is 0.305 e. The number of carbonyl (C=O) groups is 1. The molecule has 0 aromatic carbocycles. The summed E-state index contributed by atoms with van der Waals surface area (Å²) in [6.45, 7) is 12.8. The lowest BCUT2D eigenvalue weighted by Crippen LogP contribution is -2.47. The summed E-state index contributed by atoms with van der Waals surface area (Å²) in [6, 6.07) is 6.03. The highest BCUT2D eigenvalue weighted by Crippen LogP contribution is 2.28. The van der Waals surface area contributed by atoms with Gasteiger partial charge in [0.25, 0.3) is 0 Å². The van der Waals surface area contributed by atoms with Gasteiger partial charge in [-0.15, -0.1) is 0 Å². The van der Waals surface area contributed by atoms with Crippen LogP contribution in [-0.4, -0.2) is 119 Å². The van der Waals surface area contributed by atoms with Gasteiger partial charge in [0.15, 0.2) is 0 Å². The third-order valence-corrected chi connectivity index (χ3v) is 13.2. The summed E-state index contributed by atoms with van der Waals surface area (Å²) in [4.78, 5) is 24.2. The van der Waals surface area contributed by atoms with Gasteiger partial charge >= 0.3 is 5.97 Å². The molecule has 55 heavy (non-hydrogen) atoms. The zero-order valence-corrected chi connectivity index (χ0v) is 37.2. The Balaban J connectivity index is 1.61. The van der Waals surface area contributed by atoms with E-state index in [1.807, 2.05) is 29.1 Å². The molecule has 0 aliphatic carbocycles. The lowest BCUT2D eigenvalue weighted by Gasteiger charge is -2.34. The molecule has 2 heterocycles. The topological polar surface area (TPSA) is 89.4 Å². The van der Waals surface area contributed by atoms with Gasteiger partial charge in [0.05, 0.1) is 12.2 Å². The summed E-state index contributed by atoms with van der Waals surface area (Å²) in [7, 11) is 3.60. The van der Waals surface area contributed by atoms with Crippen LogP contribution in [-0.2, 0) is 9.53 Å². The Morgan fingerprint density at radius 2 is 1.20 bits per heavy atom. The highest BCUT2D eigenvalue weighted by molar-refractivity contribution is 8.76. The van der Waals surface area contributed by atoms with Crippen LogP contribution in [0.2, 0.25) is 0 Å². The Morgan fingerprint density at radius 1 is 0.709 bits per heavy atom. The Bertz CT molecular complexity index is 957. The monoisotopic (exact) mass is 809 g/mol. The predicted octanol–water partition coefficient (Wildman–Crippen LogP) is 10.4. The minimum Gasteiger partial charge on any atom is -0.464 e. The van der Waals surface area contributed by atoms with E-state index in [0.29, 0.717) is 39.1 Å². The van der Waals surface area contributed by atoms with Crippen molar-refractivity contribution in [2.24, 2.45) is 0 Å². The number of rotatable bonds is 38. The first-order valence-electron chi connectivity index (χ1n) is 22.9. The average Bonchev–Trinajstić information content (AvgIpc) is 3.19. The Kier molecular flexibility index (Phi) is 33.1. The highest BCUT2D eigenvalue weighted by Gasteiger charge is 2.19. The van der Waals surface area contributed by atoms with E-state index < -0.39 is 12.2 Å². The Morgan fingerprint density at radius 3 is 1.69 bits per heavy atom. The molecule has 2 N–H and O–H groups in total. The number of hydrogen-bond acceptors (Lipinski definition) is 10. The molecule has 1 fully saturated rings. The summed E-state index contributed by atoms with van der Waals surface area (Å²) >= 11 is 0. The van der Waals surface area contributed by atoms with Crippen molar-refractivity contribution in [3.05, 3.63) is 24.4 Å². The first-order valence-corrected chi connectivity index (χ1v) is 25.2. The maximum atomic E-state index is 12.7. The third kappa shape index (κ3) is 29.9. The molecule has 1 aliphatic heterocycles. The molecule has 1 aromatic rings. The number of ether oxygens (including phenoxy) is 1. The van der Waals surface area contributed by atoms with E-state index in [1.165, 1.54) is 116 Å². The number of piperazine rings is 1. The van der Waals surface area contributed by atoms with E-state index in [9.17, 15) is 15.0 Å². The second-order valence-electron chi connectivity index (χ2n) is 16.1. The van der Waals surface area contributed by atoms with Gasteiger partial charge in [-0.1, -0.05) is 159 Å². The summed E-state index contributed by atoms with van der Waals surface area (Å²) in [5.74, 6) is 0.935. The minimum absolute atomic E-state index is 0.141. The molecule has 10 heteroatoms. The molecule has 0 saturated carbocycles. The fourth-order valence-corrected chi connectivity index (χ4v) is 9.39. The van der Waals surface area contributed by atoms with Crippen LogP contribution in [0.25, 0.3) is 0 Å². The van der Waals surface area contributed by atoms with Crippen LogP contribution >= 0.6 is 21.6 Å². The second-order valence-corrected chi connectivity index (χ2v) is 18.5. The summed E-state index contributed by atoms with van der Waals surface area (Å²) in [6.07, 6.45) is 29.5. The number of hydrogen-bond donors (Lipinski definition) is 2. The van der Waals surface area contributed by atoms with Crippen LogP contribution in [0, 0.1) is 0 Å². The number of unbranched alkanes of at least 4 members (excludes halogenated alkanes) is 18. The fraction of sp³-hybridized carbons (Fsp3) is 0.867. The zero-order valence-electron chi connectivity index (χ0n) is 35.5.